The Balaban J connectivity index is 1.41. The molecule has 0 aliphatic carbocycles. The van der Waals surface area contributed by atoms with Gasteiger partial charge in [-0.1, -0.05) is 18.2 Å². The molecular weight excluding hydrogens is 364 g/mol. The molecule has 3 heterocycles. The number of para-hydroxylation sites is 1. The first-order chi connectivity index (χ1) is 13.2. The highest BCUT2D eigenvalue weighted by Gasteiger charge is 2.14. The molecule has 8 heteroatoms. The van der Waals surface area contributed by atoms with Gasteiger partial charge in [0.15, 0.2) is 5.76 Å². The molecule has 2 amide bonds. The van der Waals surface area contributed by atoms with Crippen LogP contribution in [0.25, 0.3) is 5.69 Å². The van der Waals surface area contributed by atoms with E-state index in [4.69, 9.17) is 4.42 Å². The zero-order chi connectivity index (χ0) is 18.6. The molecule has 1 aromatic carbocycles. The van der Waals surface area contributed by atoms with E-state index in [1.54, 1.807) is 41.3 Å². The molecule has 3 aromatic heterocycles. The standard InChI is InChI=1S/C19H14N4O3S/c24-18(15-7-4-10-26-15)22-17-9-8-16(27-17)19(25)21-13-11-20-23(12-13)14-5-2-1-3-6-14/h1-12H,(H,21,25)(H,22,24). The van der Waals surface area contributed by atoms with Gasteiger partial charge in [0.2, 0.25) is 0 Å². The lowest BCUT2D eigenvalue weighted by atomic mass is 10.3. The first-order valence-corrected chi connectivity index (χ1v) is 8.87. The minimum Gasteiger partial charge on any atom is -0.459 e. The second kappa shape index (κ2) is 7.30. The Kier molecular flexibility index (Phi) is 4.54. The smallest absolute Gasteiger partial charge is 0.291 e. The summed E-state index contributed by atoms with van der Waals surface area (Å²) in [5, 5.41) is 10.3. The molecule has 0 bridgehead atoms. The van der Waals surface area contributed by atoms with E-state index in [9.17, 15) is 9.59 Å². The molecule has 4 rings (SSSR count). The summed E-state index contributed by atoms with van der Waals surface area (Å²) < 4.78 is 6.72. The highest BCUT2D eigenvalue weighted by atomic mass is 32.1. The van der Waals surface area contributed by atoms with E-state index < -0.39 is 0 Å². The van der Waals surface area contributed by atoms with Crippen molar-refractivity contribution in [2.75, 3.05) is 10.6 Å². The Labute approximate surface area is 158 Å². The Morgan fingerprint density at radius 2 is 1.81 bits per heavy atom. The summed E-state index contributed by atoms with van der Waals surface area (Å²) in [7, 11) is 0. The van der Waals surface area contributed by atoms with Crippen molar-refractivity contribution in [2.24, 2.45) is 0 Å². The molecule has 0 atom stereocenters. The minimum absolute atomic E-state index is 0.211. The van der Waals surface area contributed by atoms with Gasteiger partial charge >= 0.3 is 0 Å². The highest BCUT2D eigenvalue weighted by molar-refractivity contribution is 7.18. The predicted molar refractivity (Wildman–Crippen MR) is 102 cm³/mol. The van der Waals surface area contributed by atoms with E-state index in [2.05, 4.69) is 15.7 Å². The van der Waals surface area contributed by atoms with Gasteiger partial charge in [-0.25, -0.2) is 4.68 Å². The van der Waals surface area contributed by atoms with E-state index >= 15 is 0 Å². The number of aromatic nitrogens is 2. The summed E-state index contributed by atoms with van der Waals surface area (Å²) in [4.78, 5) is 24.9. The van der Waals surface area contributed by atoms with Crippen molar-refractivity contribution >= 4 is 33.8 Å². The quantitative estimate of drug-likeness (QED) is 0.549. The lowest BCUT2D eigenvalue weighted by molar-refractivity contribution is 0.0995. The Bertz CT molecular complexity index is 1070. The second-order valence-electron chi connectivity index (χ2n) is 5.56. The van der Waals surface area contributed by atoms with Crippen LogP contribution in [-0.2, 0) is 0 Å². The van der Waals surface area contributed by atoms with Crippen LogP contribution in [0.4, 0.5) is 10.7 Å². The largest absolute Gasteiger partial charge is 0.459 e. The van der Waals surface area contributed by atoms with Crippen LogP contribution in [0.15, 0.2) is 77.7 Å². The number of anilines is 2. The third-order valence-corrected chi connectivity index (χ3v) is 4.67. The summed E-state index contributed by atoms with van der Waals surface area (Å²) in [6.07, 6.45) is 4.75. The second-order valence-corrected chi connectivity index (χ2v) is 6.64. The van der Waals surface area contributed by atoms with Crippen molar-refractivity contribution in [3.05, 3.63) is 83.9 Å². The van der Waals surface area contributed by atoms with Crippen molar-refractivity contribution in [3.8, 4) is 5.69 Å². The molecule has 0 radical (unpaired) electrons. The molecule has 4 aromatic rings. The number of rotatable bonds is 5. The van der Waals surface area contributed by atoms with E-state index in [0.717, 1.165) is 5.69 Å². The zero-order valence-electron chi connectivity index (χ0n) is 14.0. The van der Waals surface area contributed by atoms with E-state index in [0.29, 0.717) is 15.6 Å². The van der Waals surface area contributed by atoms with Gasteiger partial charge < -0.3 is 15.1 Å². The third-order valence-electron chi connectivity index (χ3n) is 3.67. The number of benzene rings is 1. The molecule has 7 nitrogen and oxygen atoms in total. The fourth-order valence-electron chi connectivity index (χ4n) is 2.41. The van der Waals surface area contributed by atoms with Crippen molar-refractivity contribution in [3.63, 3.8) is 0 Å². The van der Waals surface area contributed by atoms with Gasteiger partial charge in [-0.3, -0.25) is 9.59 Å². The maximum atomic E-state index is 12.4. The maximum absolute atomic E-state index is 12.4. The van der Waals surface area contributed by atoms with Crippen LogP contribution in [0.2, 0.25) is 0 Å². The number of nitrogens with zero attached hydrogens (tertiary/aromatic N) is 2. The summed E-state index contributed by atoms with van der Waals surface area (Å²) in [6, 6.07) is 16.1. The number of furan rings is 1. The molecule has 2 N–H and O–H groups in total. The van der Waals surface area contributed by atoms with Crippen LogP contribution in [-0.4, -0.2) is 21.6 Å². The summed E-state index contributed by atoms with van der Waals surface area (Å²) in [5.41, 5.74) is 1.48. The van der Waals surface area contributed by atoms with Gasteiger partial charge in [0, 0.05) is 0 Å². The lowest BCUT2D eigenvalue weighted by Gasteiger charge is -2.01. The third kappa shape index (κ3) is 3.80. The molecule has 27 heavy (non-hydrogen) atoms. The normalized spacial score (nSPS) is 10.5. The van der Waals surface area contributed by atoms with Crippen LogP contribution in [0, 0.1) is 0 Å². The fraction of sp³-hybridized carbons (Fsp3) is 0. The topological polar surface area (TPSA) is 89.2 Å². The van der Waals surface area contributed by atoms with Crippen LogP contribution >= 0.6 is 11.3 Å². The average Bonchev–Trinajstić information content (AvgIpc) is 3.44. The SMILES string of the molecule is O=C(Nc1ccc(C(=O)Nc2cnn(-c3ccccc3)c2)s1)c1ccco1. The van der Waals surface area contributed by atoms with Gasteiger partial charge in [-0.05, 0) is 36.4 Å². The van der Waals surface area contributed by atoms with E-state index in [-0.39, 0.29) is 17.6 Å². The maximum Gasteiger partial charge on any atom is 0.291 e. The molecule has 0 unspecified atom stereocenters. The monoisotopic (exact) mass is 378 g/mol. The van der Waals surface area contributed by atoms with Crippen molar-refractivity contribution < 1.29 is 14.0 Å². The molecule has 134 valence electrons. The van der Waals surface area contributed by atoms with Gasteiger partial charge in [0.05, 0.1) is 39.9 Å². The Morgan fingerprint density at radius 3 is 2.59 bits per heavy atom. The summed E-state index contributed by atoms with van der Waals surface area (Å²) in [6.45, 7) is 0. The molecule has 0 saturated heterocycles. The average molecular weight is 378 g/mol. The summed E-state index contributed by atoms with van der Waals surface area (Å²) in [5.74, 6) is -0.424. The summed E-state index contributed by atoms with van der Waals surface area (Å²) >= 11 is 1.18. The van der Waals surface area contributed by atoms with Gasteiger partial charge in [0.25, 0.3) is 11.8 Å². The minimum atomic E-state index is -0.363. The molecule has 0 fully saturated rings. The molecule has 0 aliphatic heterocycles. The highest BCUT2D eigenvalue weighted by Crippen LogP contribution is 2.24. The first kappa shape index (κ1) is 16.8. The number of carbonyl (C=O) groups is 2. The zero-order valence-corrected chi connectivity index (χ0v) is 14.8. The first-order valence-electron chi connectivity index (χ1n) is 8.05. The van der Waals surface area contributed by atoms with E-state index in [1.165, 1.54) is 17.6 Å². The molecule has 0 saturated carbocycles. The molecule has 0 spiro atoms. The van der Waals surface area contributed by atoms with Crippen LogP contribution in [0.5, 0.6) is 0 Å². The Hall–Kier alpha value is -3.65. The number of nitrogens with one attached hydrogen (secondary N) is 2. The Morgan fingerprint density at radius 1 is 0.963 bits per heavy atom. The number of carbonyl (C=O) groups excluding carboxylic acids is 2. The lowest BCUT2D eigenvalue weighted by Crippen LogP contribution is -2.10. The van der Waals surface area contributed by atoms with Crippen molar-refractivity contribution in [1.82, 2.24) is 9.78 Å². The van der Waals surface area contributed by atoms with Crippen LogP contribution < -0.4 is 10.6 Å². The van der Waals surface area contributed by atoms with Gasteiger partial charge in [0.1, 0.15) is 0 Å². The van der Waals surface area contributed by atoms with Crippen LogP contribution in [0.3, 0.4) is 0 Å². The fourth-order valence-corrected chi connectivity index (χ4v) is 3.21. The van der Waals surface area contributed by atoms with Crippen molar-refractivity contribution in [1.29, 1.82) is 0 Å². The molecule has 0 aliphatic rings. The van der Waals surface area contributed by atoms with Gasteiger partial charge in [-0.2, -0.15) is 5.10 Å². The number of hydrogen-bond acceptors (Lipinski definition) is 5. The van der Waals surface area contributed by atoms with E-state index in [1.807, 2.05) is 30.3 Å². The van der Waals surface area contributed by atoms with Crippen LogP contribution in [0.1, 0.15) is 20.2 Å². The van der Waals surface area contributed by atoms with Crippen molar-refractivity contribution in [2.45, 2.75) is 0 Å². The predicted octanol–water partition coefficient (Wildman–Crippen LogP) is 4.03. The number of thiophene rings is 1. The van der Waals surface area contributed by atoms with Gasteiger partial charge in [-0.15, -0.1) is 11.3 Å². The number of amides is 2. The molecular formula is C19H14N4O3S. The number of hydrogen-bond donors (Lipinski definition) is 2.